The van der Waals surface area contributed by atoms with Gasteiger partial charge in [0.15, 0.2) is 0 Å². The molecule has 1 aliphatic rings. The summed E-state index contributed by atoms with van der Waals surface area (Å²) in [5.41, 5.74) is 0.193. The van der Waals surface area contributed by atoms with Gasteiger partial charge in [0, 0.05) is 20.2 Å². The molecule has 5 rings (SSSR count). The third-order valence-corrected chi connectivity index (χ3v) is 6.90. The Bertz CT molecular complexity index is 1410. The summed E-state index contributed by atoms with van der Waals surface area (Å²) in [6.07, 6.45) is 0. The Labute approximate surface area is 217 Å². The van der Waals surface area contributed by atoms with E-state index in [1.807, 2.05) is 0 Å². The summed E-state index contributed by atoms with van der Waals surface area (Å²) < 4.78 is 14.9. The van der Waals surface area contributed by atoms with Crippen LogP contribution in [-0.4, -0.2) is 17.0 Å². The average molecular weight is 596 g/mol. The minimum absolute atomic E-state index is 0.226. The summed E-state index contributed by atoms with van der Waals surface area (Å²) in [5, 5.41) is 11.9. The smallest absolute Gasteiger partial charge is 0.339 e. The number of nitrogens with zero attached hydrogens (tertiary/aromatic N) is 2. The van der Waals surface area contributed by atoms with E-state index in [1.54, 1.807) is 84.9 Å². The lowest BCUT2D eigenvalue weighted by Gasteiger charge is -2.30. The van der Waals surface area contributed by atoms with Crippen LogP contribution in [0.2, 0.25) is 0 Å². The maximum absolute atomic E-state index is 13.7. The van der Waals surface area contributed by atoms with Gasteiger partial charge in [0.1, 0.15) is 5.82 Å². The molecule has 1 heterocycles. The Balaban J connectivity index is 1.62. The molecule has 1 N–H and O–H groups in total. The summed E-state index contributed by atoms with van der Waals surface area (Å²) in [6.45, 7) is 0. The highest BCUT2D eigenvalue weighted by Crippen LogP contribution is 2.42. The first kappa shape index (κ1) is 23.4. The van der Waals surface area contributed by atoms with E-state index >= 15 is 0 Å². The van der Waals surface area contributed by atoms with Crippen LogP contribution in [-0.2, 0) is 10.5 Å². The van der Waals surface area contributed by atoms with Crippen LogP contribution < -0.4 is 9.80 Å². The molecule has 8 heteroatoms. The van der Waals surface area contributed by atoms with Crippen molar-refractivity contribution in [3.8, 4) is 11.1 Å². The van der Waals surface area contributed by atoms with Gasteiger partial charge < -0.3 is 5.11 Å². The van der Waals surface area contributed by atoms with Crippen molar-refractivity contribution in [2.75, 3.05) is 9.80 Å². The molecule has 1 atom stereocenters. The Hall–Kier alpha value is -3.33. The molecule has 174 valence electrons. The van der Waals surface area contributed by atoms with Gasteiger partial charge in [-0.15, -0.1) is 0 Å². The standard InChI is InChI=1S/C27H17Br2FN2O3/c28-20-7-13-23(14-8-20)31-25(33)27(35,32(26(31)34)24-15-9-21(29)10-16-24)19-5-1-17(2-6-19)18-3-11-22(30)12-4-18/h1-16,35H. The molecule has 1 fully saturated rings. The zero-order valence-corrected chi connectivity index (χ0v) is 21.2. The van der Waals surface area contributed by atoms with Gasteiger partial charge in [-0.25, -0.2) is 14.1 Å². The molecule has 0 saturated carbocycles. The second-order valence-corrected chi connectivity index (χ2v) is 9.80. The SMILES string of the molecule is O=C1N(c2ccc(Br)cc2)C(=O)C(O)(c2ccc(-c3ccc(F)cc3)cc2)N1c1ccc(Br)cc1. The van der Waals surface area contributed by atoms with Crippen molar-refractivity contribution in [2.45, 2.75) is 5.72 Å². The molecular formula is C27H17Br2FN2O3. The summed E-state index contributed by atoms with van der Waals surface area (Å²) in [6, 6.07) is 25.4. The Morgan fingerprint density at radius 2 is 1.11 bits per heavy atom. The summed E-state index contributed by atoms with van der Waals surface area (Å²) >= 11 is 6.73. The second kappa shape index (κ2) is 9.03. The molecule has 1 saturated heterocycles. The number of hydrogen-bond acceptors (Lipinski definition) is 3. The molecule has 0 aromatic heterocycles. The van der Waals surface area contributed by atoms with Crippen molar-refractivity contribution in [3.63, 3.8) is 0 Å². The summed E-state index contributed by atoms with van der Waals surface area (Å²) in [5.74, 6) is -1.13. The predicted octanol–water partition coefficient (Wildman–Crippen LogP) is 6.84. The molecule has 0 radical (unpaired) electrons. The summed E-state index contributed by atoms with van der Waals surface area (Å²) in [4.78, 5) is 29.4. The lowest BCUT2D eigenvalue weighted by Crippen LogP contribution is -2.47. The van der Waals surface area contributed by atoms with Crippen LogP contribution in [0.3, 0.4) is 0 Å². The van der Waals surface area contributed by atoms with Gasteiger partial charge in [-0.05, 0) is 71.8 Å². The highest BCUT2D eigenvalue weighted by atomic mass is 79.9. The van der Waals surface area contributed by atoms with Gasteiger partial charge in [0.05, 0.1) is 5.69 Å². The number of halogens is 3. The first-order valence-electron chi connectivity index (χ1n) is 10.6. The third-order valence-electron chi connectivity index (χ3n) is 5.84. The van der Waals surface area contributed by atoms with Gasteiger partial charge in [-0.2, -0.15) is 0 Å². The van der Waals surface area contributed by atoms with Crippen molar-refractivity contribution in [1.82, 2.24) is 0 Å². The van der Waals surface area contributed by atoms with Crippen molar-refractivity contribution in [3.05, 3.63) is 117 Å². The van der Waals surface area contributed by atoms with E-state index in [9.17, 15) is 19.1 Å². The number of aliphatic hydroxyl groups is 1. The average Bonchev–Trinajstić information content (AvgIpc) is 3.07. The fraction of sp³-hybridized carbons (Fsp3) is 0.0370. The van der Waals surface area contributed by atoms with Gasteiger partial charge in [-0.3, -0.25) is 9.69 Å². The number of anilines is 2. The van der Waals surface area contributed by atoms with Crippen LogP contribution >= 0.6 is 31.9 Å². The first-order valence-corrected chi connectivity index (χ1v) is 12.2. The normalized spacial score (nSPS) is 17.8. The monoisotopic (exact) mass is 594 g/mol. The Kier molecular flexibility index (Phi) is 6.04. The molecule has 1 unspecified atom stereocenters. The van der Waals surface area contributed by atoms with Gasteiger partial charge in [0.2, 0.25) is 0 Å². The number of amides is 3. The van der Waals surface area contributed by atoms with Crippen LogP contribution in [0.15, 0.2) is 106 Å². The topological polar surface area (TPSA) is 60.9 Å². The minimum Gasteiger partial charge on any atom is -0.359 e. The maximum Gasteiger partial charge on any atom is 0.339 e. The zero-order chi connectivity index (χ0) is 24.7. The maximum atomic E-state index is 13.7. The first-order chi connectivity index (χ1) is 16.8. The number of urea groups is 1. The number of carbonyl (C=O) groups is 2. The quantitative estimate of drug-likeness (QED) is 0.263. The highest BCUT2D eigenvalue weighted by molar-refractivity contribution is 9.10. The van der Waals surface area contributed by atoms with E-state index in [2.05, 4.69) is 31.9 Å². The predicted molar refractivity (Wildman–Crippen MR) is 139 cm³/mol. The number of carbonyl (C=O) groups excluding carboxylic acids is 2. The molecule has 4 aromatic rings. The molecule has 0 spiro atoms. The number of rotatable bonds is 4. The van der Waals surface area contributed by atoms with Crippen LogP contribution in [0.4, 0.5) is 20.6 Å². The van der Waals surface area contributed by atoms with Crippen LogP contribution in [0.25, 0.3) is 11.1 Å². The Morgan fingerprint density at radius 3 is 1.63 bits per heavy atom. The fourth-order valence-electron chi connectivity index (χ4n) is 4.07. The van der Waals surface area contributed by atoms with Crippen LogP contribution in [0, 0.1) is 5.82 Å². The van der Waals surface area contributed by atoms with Gasteiger partial charge in [-0.1, -0.05) is 68.3 Å². The largest absolute Gasteiger partial charge is 0.359 e. The van der Waals surface area contributed by atoms with E-state index < -0.39 is 17.7 Å². The number of hydrogen-bond donors (Lipinski definition) is 1. The number of benzene rings is 4. The lowest BCUT2D eigenvalue weighted by atomic mass is 9.97. The van der Waals surface area contributed by atoms with E-state index in [4.69, 9.17) is 0 Å². The molecule has 1 aliphatic heterocycles. The second-order valence-electron chi connectivity index (χ2n) is 7.97. The number of imide groups is 1. The molecule has 3 amide bonds. The molecule has 0 bridgehead atoms. The van der Waals surface area contributed by atoms with Crippen LogP contribution in [0.5, 0.6) is 0 Å². The zero-order valence-electron chi connectivity index (χ0n) is 18.0. The molecule has 4 aromatic carbocycles. The van der Waals surface area contributed by atoms with Crippen molar-refractivity contribution in [1.29, 1.82) is 0 Å². The van der Waals surface area contributed by atoms with E-state index in [-0.39, 0.29) is 11.4 Å². The van der Waals surface area contributed by atoms with Crippen molar-refractivity contribution in [2.24, 2.45) is 0 Å². The molecular weight excluding hydrogens is 579 g/mol. The fourth-order valence-corrected chi connectivity index (χ4v) is 4.60. The third kappa shape index (κ3) is 4.07. The highest BCUT2D eigenvalue weighted by Gasteiger charge is 2.59. The Morgan fingerprint density at radius 1 is 0.657 bits per heavy atom. The molecule has 5 nitrogen and oxygen atoms in total. The lowest BCUT2D eigenvalue weighted by molar-refractivity contribution is -0.133. The molecule has 0 aliphatic carbocycles. The molecule has 35 heavy (non-hydrogen) atoms. The van der Waals surface area contributed by atoms with Gasteiger partial charge in [0.25, 0.3) is 11.6 Å². The van der Waals surface area contributed by atoms with Crippen molar-refractivity contribution < 1.29 is 19.1 Å². The van der Waals surface area contributed by atoms with E-state index in [1.165, 1.54) is 12.1 Å². The van der Waals surface area contributed by atoms with E-state index in [0.717, 1.165) is 29.9 Å². The summed E-state index contributed by atoms with van der Waals surface area (Å²) in [7, 11) is 0. The van der Waals surface area contributed by atoms with Gasteiger partial charge >= 0.3 is 6.03 Å². The minimum atomic E-state index is -2.28. The van der Waals surface area contributed by atoms with Crippen LogP contribution in [0.1, 0.15) is 5.56 Å². The van der Waals surface area contributed by atoms with Crippen molar-refractivity contribution >= 4 is 55.2 Å². The van der Waals surface area contributed by atoms with E-state index in [0.29, 0.717) is 11.4 Å².